The molecule has 0 aromatic heterocycles. The van der Waals surface area contributed by atoms with Gasteiger partial charge in [0.2, 0.25) is 0 Å². The lowest BCUT2D eigenvalue weighted by atomic mass is 9.65. The minimum absolute atomic E-state index is 0. The zero-order valence-electron chi connectivity index (χ0n) is 13.2. The second-order valence-electron chi connectivity index (χ2n) is 5.99. The third-order valence-corrected chi connectivity index (χ3v) is 4.34. The molecular weight excluding hydrogens is 377 g/mol. The number of halogens is 1. The van der Waals surface area contributed by atoms with Crippen molar-refractivity contribution in [2.24, 2.45) is 16.1 Å². The first kappa shape index (κ1) is 18.2. The fourth-order valence-corrected chi connectivity index (χ4v) is 2.66. The summed E-state index contributed by atoms with van der Waals surface area (Å²) in [6.45, 7) is 6.48. The van der Waals surface area contributed by atoms with Gasteiger partial charge in [-0.3, -0.25) is 0 Å². The zero-order valence-corrected chi connectivity index (χ0v) is 15.5. The minimum atomic E-state index is 0. The van der Waals surface area contributed by atoms with E-state index in [0.29, 0.717) is 5.96 Å². The van der Waals surface area contributed by atoms with Gasteiger partial charge in [0.05, 0.1) is 12.1 Å². The summed E-state index contributed by atoms with van der Waals surface area (Å²) in [4.78, 5) is 4.57. The van der Waals surface area contributed by atoms with Gasteiger partial charge in [-0.25, -0.2) is 4.99 Å². The fraction of sp³-hybridized carbons (Fsp3) is 0.562. The van der Waals surface area contributed by atoms with E-state index >= 15 is 0 Å². The number of benzene rings is 1. The molecule has 0 spiro atoms. The smallest absolute Gasteiger partial charge is 0.193 e. The maximum Gasteiger partial charge on any atom is 0.193 e. The van der Waals surface area contributed by atoms with E-state index in [4.69, 9.17) is 10.5 Å². The van der Waals surface area contributed by atoms with Gasteiger partial charge in [-0.15, -0.1) is 24.0 Å². The summed E-state index contributed by atoms with van der Waals surface area (Å²) in [6.07, 6.45) is 2.24. The Balaban J connectivity index is 0.00000220. The molecule has 0 aliphatic heterocycles. The number of nitrogens with zero attached hydrogens (tertiary/aromatic N) is 1. The summed E-state index contributed by atoms with van der Waals surface area (Å²) in [5.41, 5.74) is 8.33. The standard InChI is InChI=1S/C16H25N3O.HI/c1-5-11-6-8-12(9-7-11)18-15(17)19-13-10-14(20-4)16(13,2)3;/h6-9,13-14H,5,10H2,1-4H3,(H3,17,18,19);1H. The van der Waals surface area contributed by atoms with Crippen LogP contribution in [-0.2, 0) is 11.2 Å². The van der Waals surface area contributed by atoms with E-state index < -0.39 is 0 Å². The van der Waals surface area contributed by atoms with Gasteiger partial charge in [-0.05, 0) is 30.5 Å². The molecule has 2 rings (SSSR count). The van der Waals surface area contributed by atoms with Crippen LogP contribution in [0.15, 0.2) is 29.3 Å². The number of rotatable bonds is 4. The predicted octanol–water partition coefficient (Wildman–Crippen LogP) is 3.41. The topological polar surface area (TPSA) is 59.6 Å². The molecule has 1 fully saturated rings. The second kappa shape index (κ2) is 7.45. The number of hydrogen-bond acceptors (Lipinski definition) is 2. The van der Waals surface area contributed by atoms with Gasteiger partial charge >= 0.3 is 0 Å². The SMILES string of the molecule is CCc1ccc(NC(N)=NC2CC(OC)C2(C)C)cc1.I. The van der Waals surface area contributed by atoms with E-state index in [9.17, 15) is 0 Å². The number of nitrogens with one attached hydrogen (secondary N) is 1. The fourth-order valence-electron chi connectivity index (χ4n) is 2.66. The molecule has 3 N–H and O–H groups in total. The van der Waals surface area contributed by atoms with Gasteiger partial charge in [-0.1, -0.05) is 32.9 Å². The van der Waals surface area contributed by atoms with E-state index in [-0.39, 0.29) is 41.5 Å². The zero-order chi connectivity index (χ0) is 14.8. The van der Waals surface area contributed by atoms with E-state index in [2.05, 4.69) is 43.2 Å². The largest absolute Gasteiger partial charge is 0.381 e. The average molecular weight is 403 g/mol. The molecule has 118 valence electrons. The summed E-state index contributed by atoms with van der Waals surface area (Å²) >= 11 is 0. The Kier molecular flexibility index (Phi) is 6.46. The third kappa shape index (κ3) is 4.10. The molecule has 1 aromatic rings. The van der Waals surface area contributed by atoms with Crippen LogP contribution in [0, 0.1) is 5.41 Å². The third-order valence-electron chi connectivity index (χ3n) is 4.34. The molecule has 1 aliphatic carbocycles. The highest BCUT2D eigenvalue weighted by atomic mass is 127. The van der Waals surface area contributed by atoms with Crippen LogP contribution in [0.2, 0.25) is 0 Å². The highest BCUT2D eigenvalue weighted by molar-refractivity contribution is 14.0. The van der Waals surface area contributed by atoms with Gasteiger partial charge in [0.15, 0.2) is 5.96 Å². The molecular formula is C16H26IN3O. The molecule has 1 saturated carbocycles. The molecule has 0 radical (unpaired) electrons. The van der Waals surface area contributed by atoms with Crippen LogP contribution in [0.3, 0.4) is 0 Å². The minimum Gasteiger partial charge on any atom is -0.381 e. The van der Waals surface area contributed by atoms with Crippen LogP contribution in [0.25, 0.3) is 0 Å². The van der Waals surface area contributed by atoms with Crippen LogP contribution in [0.4, 0.5) is 5.69 Å². The summed E-state index contributed by atoms with van der Waals surface area (Å²) < 4.78 is 5.43. The van der Waals surface area contributed by atoms with Crippen molar-refractivity contribution in [3.8, 4) is 0 Å². The van der Waals surface area contributed by atoms with Gasteiger partial charge in [0.1, 0.15) is 0 Å². The van der Waals surface area contributed by atoms with E-state index in [1.807, 2.05) is 12.1 Å². The van der Waals surface area contributed by atoms with Crippen molar-refractivity contribution < 1.29 is 4.74 Å². The highest BCUT2D eigenvalue weighted by Gasteiger charge is 2.48. The van der Waals surface area contributed by atoms with Crippen LogP contribution in [-0.4, -0.2) is 25.2 Å². The van der Waals surface area contributed by atoms with Gasteiger partial charge in [-0.2, -0.15) is 0 Å². The van der Waals surface area contributed by atoms with Crippen LogP contribution < -0.4 is 11.1 Å². The normalized spacial score (nSPS) is 23.9. The number of aliphatic imine (C=N–C) groups is 1. The quantitative estimate of drug-likeness (QED) is 0.460. The predicted molar refractivity (Wildman–Crippen MR) is 99.5 cm³/mol. The molecule has 2 atom stereocenters. The number of guanidine groups is 1. The summed E-state index contributed by atoms with van der Waals surface area (Å²) in [6, 6.07) is 8.49. The number of ether oxygens (including phenoxy) is 1. The van der Waals surface area contributed by atoms with Crippen LogP contribution in [0.1, 0.15) is 32.8 Å². The Morgan fingerprint density at radius 3 is 2.48 bits per heavy atom. The van der Waals surface area contributed by atoms with Gasteiger partial charge in [0, 0.05) is 18.2 Å². The van der Waals surface area contributed by atoms with Crippen molar-refractivity contribution in [1.82, 2.24) is 0 Å². The Bertz CT molecular complexity index is 485. The van der Waals surface area contributed by atoms with Crippen LogP contribution in [0.5, 0.6) is 0 Å². The molecule has 4 nitrogen and oxygen atoms in total. The first-order valence-corrected chi connectivity index (χ1v) is 7.19. The Morgan fingerprint density at radius 1 is 1.38 bits per heavy atom. The van der Waals surface area contributed by atoms with Gasteiger partial charge in [0.25, 0.3) is 0 Å². The summed E-state index contributed by atoms with van der Waals surface area (Å²) in [5, 5.41) is 3.15. The van der Waals surface area contributed by atoms with E-state index in [0.717, 1.165) is 18.5 Å². The van der Waals surface area contributed by atoms with Crippen molar-refractivity contribution in [3.05, 3.63) is 29.8 Å². The van der Waals surface area contributed by atoms with Crippen LogP contribution >= 0.6 is 24.0 Å². The molecule has 0 bridgehead atoms. The number of methoxy groups -OCH3 is 1. The Labute approximate surface area is 144 Å². The molecule has 1 aromatic carbocycles. The molecule has 0 amide bonds. The summed E-state index contributed by atoms with van der Waals surface area (Å²) in [5.74, 6) is 0.474. The highest BCUT2D eigenvalue weighted by Crippen LogP contribution is 2.44. The molecule has 5 heteroatoms. The average Bonchev–Trinajstić information content (AvgIpc) is 2.43. The second-order valence-corrected chi connectivity index (χ2v) is 5.99. The lowest BCUT2D eigenvalue weighted by Gasteiger charge is -2.48. The number of hydrogen-bond donors (Lipinski definition) is 2. The van der Waals surface area contributed by atoms with E-state index in [1.165, 1.54) is 5.56 Å². The Hall–Kier alpha value is -0.820. The van der Waals surface area contributed by atoms with Crippen molar-refractivity contribution in [2.45, 2.75) is 45.8 Å². The number of nitrogens with two attached hydrogens (primary N) is 1. The molecule has 0 heterocycles. The molecule has 0 saturated heterocycles. The number of aryl methyl sites for hydroxylation is 1. The molecule has 21 heavy (non-hydrogen) atoms. The van der Waals surface area contributed by atoms with Crippen molar-refractivity contribution in [3.63, 3.8) is 0 Å². The monoisotopic (exact) mass is 403 g/mol. The van der Waals surface area contributed by atoms with E-state index in [1.54, 1.807) is 7.11 Å². The maximum absolute atomic E-state index is 5.99. The first-order valence-electron chi connectivity index (χ1n) is 7.19. The molecule has 1 aliphatic rings. The lowest BCUT2D eigenvalue weighted by molar-refractivity contribution is -0.0850. The van der Waals surface area contributed by atoms with Crippen molar-refractivity contribution in [2.75, 3.05) is 12.4 Å². The lowest BCUT2D eigenvalue weighted by Crippen LogP contribution is -2.54. The number of anilines is 1. The molecule has 2 unspecified atom stereocenters. The summed E-state index contributed by atoms with van der Waals surface area (Å²) in [7, 11) is 1.75. The maximum atomic E-state index is 5.99. The first-order chi connectivity index (χ1) is 9.47. The van der Waals surface area contributed by atoms with Gasteiger partial charge < -0.3 is 15.8 Å². The van der Waals surface area contributed by atoms with Crippen molar-refractivity contribution in [1.29, 1.82) is 0 Å². The Morgan fingerprint density at radius 2 is 2.00 bits per heavy atom. The van der Waals surface area contributed by atoms with Crippen molar-refractivity contribution >= 4 is 35.6 Å².